The molecule has 106 valence electrons. The van der Waals surface area contributed by atoms with E-state index in [9.17, 15) is 5.11 Å². The van der Waals surface area contributed by atoms with E-state index in [1.807, 2.05) is 0 Å². The van der Waals surface area contributed by atoms with Crippen molar-refractivity contribution in [3.63, 3.8) is 0 Å². The number of piperidine rings is 1. The molecule has 2 saturated heterocycles. The second-order valence-corrected chi connectivity index (χ2v) is 6.24. The van der Waals surface area contributed by atoms with E-state index >= 15 is 0 Å². The first-order valence-electron chi connectivity index (χ1n) is 7.45. The Kier molecular flexibility index (Phi) is 5.42. The van der Waals surface area contributed by atoms with Gasteiger partial charge in [0.15, 0.2) is 0 Å². The van der Waals surface area contributed by atoms with Crippen molar-refractivity contribution in [1.82, 2.24) is 15.1 Å². The number of hydrogen-bond donors (Lipinski definition) is 2. The van der Waals surface area contributed by atoms with Crippen LogP contribution in [0.1, 0.15) is 32.1 Å². The zero-order chi connectivity index (χ0) is 13.0. The van der Waals surface area contributed by atoms with Gasteiger partial charge in [-0.1, -0.05) is 6.42 Å². The minimum atomic E-state index is -0.116. The highest BCUT2D eigenvalue weighted by Crippen LogP contribution is 2.20. The van der Waals surface area contributed by atoms with Gasteiger partial charge in [-0.25, -0.2) is 0 Å². The van der Waals surface area contributed by atoms with Gasteiger partial charge in [0.05, 0.1) is 6.10 Å². The van der Waals surface area contributed by atoms with Crippen molar-refractivity contribution in [1.29, 1.82) is 0 Å². The maximum Gasteiger partial charge on any atom is 0.0682 e. The summed E-state index contributed by atoms with van der Waals surface area (Å²) in [5, 5.41) is 13.5. The molecule has 2 aliphatic heterocycles. The Labute approximate surface area is 111 Å². The van der Waals surface area contributed by atoms with E-state index in [-0.39, 0.29) is 6.10 Å². The molecule has 2 N–H and O–H groups in total. The van der Waals surface area contributed by atoms with Crippen LogP contribution in [-0.4, -0.2) is 73.4 Å². The van der Waals surface area contributed by atoms with E-state index < -0.39 is 0 Å². The molecule has 0 aromatic rings. The highest BCUT2D eigenvalue weighted by atomic mass is 16.3. The molecule has 0 bridgehead atoms. The maximum atomic E-state index is 9.84. The Bertz CT molecular complexity index is 241. The van der Waals surface area contributed by atoms with Gasteiger partial charge < -0.3 is 15.3 Å². The molecule has 2 fully saturated rings. The van der Waals surface area contributed by atoms with Gasteiger partial charge in [-0.2, -0.15) is 0 Å². The van der Waals surface area contributed by atoms with Gasteiger partial charge in [-0.05, 0) is 46.3 Å². The van der Waals surface area contributed by atoms with Crippen LogP contribution in [0.5, 0.6) is 0 Å². The average Bonchev–Trinajstić information content (AvgIpc) is 2.67. The summed E-state index contributed by atoms with van der Waals surface area (Å²) in [4.78, 5) is 4.72. The van der Waals surface area contributed by atoms with Crippen molar-refractivity contribution in [3.8, 4) is 0 Å². The predicted octanol–water partition coefficient (Wildman–Crippen LogP) is 0.515. The molecule has 2 aliphatic rings. The Morgan fingerprint density at radius 1 is 1.33 bits per heavy atom. The quantitative estimate of drug-likeness (QED) is 0.751. The molecule has 0 aromatic carbocycles. The zero-order valence-corrected chi connectivity index (χ0v) is 11.9. The van der Waals surface area contributed by atoms with Crippen molar-refractivity contribution in [2.24, 2.45) is 0 Å². The summed E-state index contributed by atoms with van der Waals surface area (Å²) in [6.07, 6.45) is 6.10. The number of likely N-dealkylation sites (tertiary alicyclic amines) is 1. The fourth-order valence-corrected chi connectivity index (χ4v) is 3.33. The first-order valence-corrected chi connectivity index (χ1v) is 7.45. The van der Waals surface area contributed by atoms with Crippen molar-refractivity contribution < 1.29 is 5.11 Å². The number of rotatable bonds is 5. The highest BCUT2D eigenvalue weighted by Gasteiger charge is 2.31. The lowest BCUT2D eigenvalue weighted by Crippen LogP contribution is -2.41. The Balaban J connectivity index is 1.75. The predicted molar refractivity (Wildman–Crippen MR) is 74.8 cm³/mol. The molecule has 0 spiro atoms. The third-order valence-electron chi connectivity index (χ3n) is 4.26. The first-order chi connectivity index (χ1) is 8.65. The molecule has 3 atom stereocenters. The van der Waals surface area contributed by atoms with Crippen LogP contribution >= 0.6 is 0 Å². The van der Waals surface area contributed by atoms with Crippen molar-refractivity contribution >= 4 is 0 Å². The Hall–Kier alpha value is -0.160. The minimum Gasteiger partial charge on any atom is -0.392 e. The molecule has 0 aliphatic carbocycles. The summed E-state index contributed by atoms with van der Waals surface area (Å²) in [6.45, 7) is 4.25. The SMILES string of the molecule is CN(C)CC1CC(O)CN1CCC1CCCCN1. The summed E-state index contributed by atoms with van der Waals surface area (Å²) in [6, 6.07) is 1.25. The second kappa shape index (κ2) is 6.85. The van der Waals surface area contributed by atoms with E-state index in [2.05, 4.69) is 29.2 Å². The molecule has 4 heteroatoms. The van der Waals surface area contributed by atoms with Gasteiger partial charge in [0.25, 0.3) is 0 Å². The maximum absolute atomic E-state index is 9.84. The molecule has 2 rings (SSSR count). The smallest absolute Gasteiger partial charge is 0.0682 e. The largest absolute Gasteiger partial charge is 0.392 e. The number of aliphatic hydroxyl groups is 1. The monoisotopic (exact) mass is 255 g/mol. The summed E-state index contributed by atoms with van der Waals surface area (Å²) in [5.74, 6) is 0. The molecule has 2 heterocycles. The average molecular weight is 255 g/mol. The Morgan fingerprint density at radius 2 is 2.17 bits per heavy atom. The van der Waals surface area contributed by atoms with Crippen LogP contribution in [0.15, 0.2) is 0 Å². The van der Waals surface area contributed by atoms with Gasteiger partial charge in [0.1, 0.15) is 0 Å². The van der Waals surface area contributed by atoms with Crippen molar-refractivity contribution in [2.75, 3.05) is 40.3 Å². The number of nitrogens with one attached hydrogen (secondary N) is 1. The highest BCUT2D eigenvalue weighted by molar-refractivity contribution is 4.87. The second-order valence-electron chi connectivity index (χ2n) is 6.24. The molecule has 0 aromatic heterocycles. The van der Waals surface area contributed by atoms with Crippen LogP contribution in [-0.2, 0) is 0 Å². The summed E-state index contributed by atoms with van der Waals surface area (Å²) < 4.78 is 0. The number of aliphatic hydroxyl groups excluding tert-OH is 1. The lowest BCUT2D eigenvalue weighted by atomic mass is 10.0. The van der Waals surface area contributed by atoms with E-state index in [1.165, 1.54) is 32.2 Å². The summed E-state index contributed by atoms with van der Waals surface area (Å²) >= 11 is 0. The topological polar surface area (TPSA) is 38.7 Å². The fraction of sp³-hybridized carbons (Fsp3) is 1.00. The van der Waals surface area contributed by atoms with Crippen molar-refractivity contribution in [3.05, 3.63) is 0 Å². The minimum absolute atomic E-state index is 0.116. The third kappa shape index (κ3) is 4.19. The van der Waals surface area contributed by atoms with Gasteiger partial charge in [0, 0.05) is 31.7 Å². The van der Waals surface area contributed by atoms with Gasteiger partial charge in [-0.15, -0.1) is 0 Å². The van der Waals surface area contributed by atoms with Gasteiger partial charge >= 0.3 is 0 Å². The van der Waals surface area contributed by atoms with Crippen LogP contribution in [0.4, 0.5) is 0 Å². The lowest BCUT2D eigenvalue weighted by Gasteiger charge is -2.30. The molecule has 4 nitrogen and oxygen atoms in total. The van der Waals surface area contributed by atoms with Crippen LogP contribution < -0.4 is 5.32 Å². The van der Waals surface area contributed by atoms with Crippen LogP contribution in [0.2, 0.25) is 0 Å². The standard InChI is InChI=1S/C14H29N3O/c1-16(2)10-13-9-14(18)11-17(13)8-6-12-5-3-4-7-15-12/h12-15,18H,3-11H2,1-2H3. The summed E-state index contributed by atoms with van der Waals surface area (Å²) in [7, 11) is 4.23. The zero-order valence-electron chi connectivity index (χ0n) is 11.9. The number of β-amino-alcohol motifs (C(OH)–C–C–N with tert-alkyl or cyclic N) is 1. The number of likely N-dealkylation sites (N-methyl/N-ethyl adjacent to an activating group) is 1. The van der Waals surface area contributed by atoms with Gasteiger partial charge in [-0.3, -0.25) is 4.90 Å². The Morgan fingerprint density at radius 3 is 2.83 bits per heavy atom. The van der Waals surface area contributed by atoms with E-state index in [1.54, 1.807) is 0 Å². The lowest BCUT2D eigenvalue weighted by molar-refractivity contribution is 0.167. The number of nitrogens with zero attached hydrogens (tertiary/aromatic N) is 2. The molecule has 18 heavy (non-hydrogen) atoms. The molecule has 0 saturated carbocycles. The van der Waals surface area contributed by atoms with E-state index in [4.69, 9.17) is 0 Å². The van der Waals surface area contributed by atoms with E-state index in [0.29, 0.717) is 12.1 Å². The molecule has 3 unspecified atom stereocenters. The summed E-state index contributed by atoms with van der Waals surface area (Å²) in [5.41, 5.74) is 0. The van der Waals surface area contributed by atoms with Crippen LogP contribution in [0, 0.1) is 0 Å². The van der Waals surface area contributed by atoms with E-state index in [0.717, 1.165) is 26.1 Å². The van der Waals surface area contributed by atoms with Crippen LogP contribution in [0.3, 0.4) is 0 Å². The molecular weight excluding hydrogens is 226 g/mol. The van der Waals surface area contributed by atoms with Crippen molar-refractivity contribution in [2.45, 2.75) is 50.3 Å². The normalized spacial score (nSPS) is 34.3. The third-order valence-corrected chi connectivity index (χ3v) is 4.26. The first kappa shape index (κ1) is 14.3. The molecule has 0 amide bonds. The number of hydrogen-bond acceptors (Lipinski definition) is 4. The van der Waals surface area contributed by atoms with Crippen LogP contribution in [0.25, 0.3) is 0 Å². The van der Waals surface area contributed by atoms with Gasteiger partial charge in [0.2, 0.25) is 0 Å². The fourth-order valence-electron chi connectivity index (χ4n) is 3.33. The molecule has 0 radical (unpaired) electrons. The molecular formula is C14H29N3O.